The van der Waals surface area contributed by atoms with Gasteiger partial charge >= 0.3 is 0 Å². The summed E-state index contributed by atoms with van der Waals surface area (Å²) in [6, 6.07) is 8.48. The van der Waals surface area contributed by atoms with Gasteiger partial charge in [-0.05, 0) is 24.5 Å². The lowest BCUT2D eigenvalue weighted by molar-refractivity contribution is 0.0688. The molecular formula is C12H19NO. The average Bonchev–Trinajstić information content (AvgIpc) is 2.26. The van der Waals surface area contributed by atoms with Crippen LogP contribution >= 0.6 is 0 Å². The van der Waals surface area contributed by atoms with Gasteiger partial charge < -0.3 is 10.5 Å². The third-order valence-corrected chi connectivity index (χ3v) is 2.34. The van der Waals surface area contributed by atoms with Crippen LogP contribution in [0.15, 0.2) is 24.3 Å². The van der Waals surface area contributed by atoms with Crippen LogP contribution in [-0.4, -0.2) is 13.2 Å². The summed E-state index contributed by atoms with van der Waals surface area (Å²) >= 11 is 0. The average molecular weight is 193 g/mol. The monoisotopic (exact) mass is 193 g/mol. The SMILES string of the molecule is CCO[C@H](CN)c1ccc(CC)cc1. The van der Waals surface area contributed by atoms with Crippen LogP contribution in [0.3, 0.4) is 0 Å². The molecule has 2 heteroatoms. The molecule has 0 spiro atoms. The van der Waals surface area contributed by atoms with Crippen LogP contribution in [-0.2, 0) is 11.2 Å². The normalized spacial score (nSPS) is 12.8. The molecule has 0 unspecified atom stereocenters. The summed E-state index contributed by atoms with van der Waals surface area (Å²) in [5.74, 6) is 0. The van der Waals surface area contributed by atoms with E-state index in [4.69, 9.17) is 10.5 Å². The second-order valence-electron chi connectivity index (χ2n) is 3.27. The maximum Gasteiger partial charge on any atom is 0.0946 e. The summed E-state index contributed by atoms with van der Waals surface area (Å²) in [4.78, 5) is 0. The lowest BCUT2D eigenvalue weighted by Crippen LogP contribution is -2.15. The first kappa shape index (κ1) is 11.2. The van der Waals surface area contributed by atoms with Gasteiger partial charge in [0.15, 0.2) is 0 Å². The molecule has 0 heterocycles. The summed E-state index contributed by atoms with van der Waals surface area (Å²) in [6.07, 6.45) is 1.12. The first-order chi connectivity index (χ1) is 6.81. The molecular weight excluding hydrogens is 174 g/mol. The van der Waals surface area contributed by atoms with E-state index in [2.05, 4.69) is 31.2 Å². The van der Waals surface area contributed by atoms with E-state index in [1.165, 1.54) is 11.1 Å². The molecule has 1 rings (SSSR count). The van der Waals surface area contributed by atoms with Gasteiger partial charge in [-0.25, -0.2) is 0 Å². The summed E-state index contributed by atoms with van der Waals surface area (Å²) in [7, 11) is 0. The standard InChI is InChI=1S/C12H19NO/c1-3-10-5-7-11(8-6-10)12(9-13)14-4-2/h5-8,12H,3-4,9,13H2,1-2H3/t12-/m1/s1. The molecule has 0 saturated heterocycles. The predicted molar refractivity (Wildman–Crippen MR) is 59.2 cm³/mol. The van der Waals surface area contributed by atoms with Gasteiger partial charge in [-0.15, -0.1) is 0 Å². The quantitative estimate of drug-likeness (QED) is 0.778. The van der Waals surface area contributed by atoms with Crippen molar-refractivity contribution in [2.45, 2.75) is 26.4 Å². The van der Waals surface area contributed by atoms with Crippen molar-refractivity contribution in [3.63, 3.8) is 0 Å². The molecule has 78 valence electrons. The molecule has 0 saturated carbocycles. The number of hydrogen-bond donors (Lipinski definition) is 1. The Morgan fingerprint density at radius 1 is 1.21 bits per heavy atom. The lowest BCUT2D eigenvalue weighted by Gasteiger charge is -2.15. The summed E-state index contributed by atoms with van der Waals surface area (Å²) in [6.45, 7) is 5.39. The zero-order valence-electron chi connectivity index (χ0n) is 8.99. The summed E-state index contributed by atoms with van der Waals surface area (Å²) in [5, 5.41) is 0. The summed E-state index contributed by atoms with van der Waals surface area (Å²) < 4.78 is 5.53. The van der Waals surface area contributed by atoms with Gasteiger partial charge in [0, 0.05) is 13.2 Å². The number of rotatable bonds is 5. The highest BCUT2D eigenvalue weighted by Gasteiger charge is 2.08. The van der Waals surface area contributed by atoms with Crippen molar-refractivity contribution in [3.05, 3.63) is 35.4 Å². The van der Waals surface area contributed by atoms with Gasteiger partial charge in [-0.2, -0.15) is 0 Å². The predicted octanol–water partition coefficient (Wildman–Crippen LogP) is 2.29. The molecule has 1 atom stereocenters. The molecule has 0 fully saturated rings. The van der Waals surface area contributed by atoms with Crippen LogP contribution in [0.2, 0.25) is 0 Å². The van der Waals surface area contributed by atoms with E-state index >= 15 is 0 Å². The molecule has 0 aromatic heterocycles. The molecule has 0 radical (unpaired) electrons. The Bertz CT molecular complexity index is 256. The van der Waals surface area contributed by atoms with E-state index in [1.807, 2.05) is 6.92 Å². The third-order valence-electron chi connectivity index (χ3n) is 2.34. The molecule has 0 aliphatic heterocycles. The Hall–Kier alpha value is -0.860. The molecule has 0 bridgehead atoms. The molecule has 14 heavy (non-hydrogen) atoms. The number of benzene rings is 1. The van der Waals surface area contributed by atoms with Crippen LogP contribution in [0.4, 0.5) is 0 Å². The van der Waals surface area contributed by atoms with Gasteiger partial charge in [0.25, 0.3) is 0 Å². The van der Waals surface area contributed by atoms with Gasteiger partial charge in [0.1, 0.15) is 0 Å². The fourth-order valence-electron chi connectivity index (χ4n) is 1.47. The van der Waals surface area contributed by atoms with Crippen molar-refractivity contribution in [2.75, 3.05) is 13.2 Å². The maximum absolute atomic E-state index is 5.64. The van der Waals surface area contributed by atoms with E-state index in [-0.39, 0.29) is 6.10 Å². The molecule has 1 aromatic carbocycles. The fraction of sp³-hybridized carbons (Fsp3) is 0.500. The second-order valence-corrected chi connectivity index (χ2v) is 3.27. The van der Waals surface area contributed by atoms with Crippen molar-refractivity contribution in [2.24, 2.45) is 5.73 Å². The highest BCUT2D eigenvalue weighted by atomic mass is 16.5. The third kappa shape index (κ3) is 2.82. The largest absolute Gasteiger partial charge is 0.372 e. The molecule has 2 nitrogen and oxygen atoms in total. The molecule has 0 aliphatic rings. The smallest absolute Gasteiger partial charge is 0.0946 e. The van der Waals surface area contributed by atoms with Crippen LogP contribution in [0.1, 0.15) is 31.1 Å². The van der Waals surface area contributed by atoms with Crippen molar-refractivity contribution in [1.29, 1.82) is 0 Å². The highest BCUT2D eigenvalue weighted by Crippen LogP contribution is 2.16. The first-order valence-electron chi connectivity index (χ1n) is 5.22. The molecule has 2 N–H and O–H groups in total. The van der Waals surface area contributed by atoms with E-state index in [9.17, 15) is 0 Å². The number of hydrogen-bond acceptors (Lipinski definition) is 2. The highest BCUT2D eigenvalue weighted by molar-refractivity contribution is 5.24. The zero-order valence-corrected chi connectivity index (χ0v) is 8.99. The van der Waals surface area contributed by atoms with Crippen LogP contribution in [0.5, 0.6) is 0 Å². The van der Waals surface area contributed by atoms with E-state index in [0.717, 1.165) is 6.42 Å². The van der Waals surface area contributed by atoms with Crippen molar-refractivity contribution in [3.8, 4) is 0 Å². The van der Waals surface area contributed by atoms with E-state index < -0.39 is 0 Å². The second kappa shape index (κ2) is 5.78. The Kier molecular flexibility index (Phi) is 4.63. The molecule has 0 aliphatic carbocycles. The summed E-state index contributed by atoms with van der Waals surface area (Å²) in [5.41, 5.74) is 8.16. The van der Waals surface area contributed by atoms with Crippen LogP contribution < -0.4 is 5.73 Å². The van der Waals surface area contributed by atoms with Crippen LogP contribution in [0, 0.1) is 0 Å². The Labute approximate surface area is 86.1 Å². The van der Waals surface area contributed by atoms with Gasteiger partial charge in [-0.1, -0.05) is 31.2 Å². The first-order valence-corrected chi connectivity index (χ1v) is 5.22. The van der Waals surface area contributed by atoms with Crippen LogP contribution in [0.25, 0.3) is 0 Å². The molecule has 0 amide bonds. The minimum Gasteiger partial charge on any atom is -0.372 e. The Morgan fingerprint density at radius 3 is 2.29 bits per heavy atom. The lowest BCUT2D eigenvalue weighted by atomic mass is 10.1. The van der Waals surface area contributed by atoms with E-state index in [1.54, 1.807) is 0 Å². The maximum atomic E-state index is 5.64. The van der Waals surface area contributed by atoms with Crippen molar-refractivity contribution in [1.82, 2.24) is 0 Å². The zero-order chi connectivity index (χ0) is 10.4. The number of aryl methyl sites for hydroxylation is 1. The minimum absolute atomic E-state index is 0.0471. The topological polar surface area (TPSA) is 35.2 Å². The van der Waals surface area contributed by atoms with Gasteiger partial charge in [-0.3, -0.25) is 0 Å². The number of nitrogens with two attached hydrogens (primary N) is 1. The molecule has 1 aromatic rings. The van der Waals surface area contributed by atoms with Crippen molar-refractivity contribution >= 4 is 0 Å². The number of ether oxygens (including phenoxy) is 1. The van der Waals surface area contributed by atoms with E-state index in [0.29, 0.717) is 13.2 Å². The fourth-order valence-corrected chi connectivity index (χ4v) is 1.47. The van der Waals surface area contributed by atoms with Crippen molar-refractivity contribution < 1.29 is 4.74 Å². The Morgan fingerprint density at radius 2 is 1.86 bits per heavy atom. The van der Waals surface area contributed by atoms with Gasteiger partial charge in [0.05, 0.1) is 6.10 Å². The minimum atomic E-state index is 0.0471. The Balaban J connectivity index is 2.73. The van der Waals surface area contributed by atoms with Gasteiger partial charge in [0.2, 0.25) is 0 Å².